The molecule has 1 N–H and O–H groups in total. The topological polar surface area (TPSA) is 46.5 Å². The van der Waals surface area contributed by atoms with Crippen molar-refractivity contribution in [3.8, 4) is 0 Å². The van der Waals surface area contributed by atoms with Crippen LogP contribution in [0.4, 0.5) is 13.2 Å². The Kier molecular flexibility index (Phi) is 3.34. The van der Waals surface area contributed by atoms with E-state index < -0.39 is 30.3 Å². The Morgan fingerprint density at radius 2 is 1.82 bits per heavy atom. The highest BCUT2D eigenvalue weighted by atomic mass is 19.4. The Morgan fingerprint density at radius 1 is 1.24 bits per heavy atom. The molecule has 6 heteroatoms. The lowest BCUT2D eigenvalue weighted by Crippen LogP contribution is -2.37. The van der Waals surface area contributed by atoms with Crippen molar-refractivity contribution < 1.29 is 27.8 Å². The molecule has 1 aliphatic carbocycles. The van der Waals surface area contributed by atoms with Gasteiger partial charge in [0.2, 0.25) is 0 Å². The van der Waals surface area contributed by atoms with E-state index in [4.69, 9.17) is 9.84 Å². The van der Waals surface area contributed by atoms with E-state index in [2.05, 4.69) is 0 Å². The molecule has 0 amide bonds. The van der Waals surface area contributed by atoms with E-state index in [9.17, 15) is 18.0 Å². The van der Waals surface area contributed by atoms with E-state index >= 15 is 0 Å². The van der Waals surface area contributed by atoms with E-state index in [0.29, 0.717) is 0 Å². The number of aliphatic carboxylic acids is 1. The molecule has 2 rings (SSSR count). The minimum atomic E-state index is -4.59. The summed E-state index contributed by atoms with van der Waals surface area (Å²) in [7, 11) is 0. The van der Waals surface area contributed by atoms with E-state index in [1.165, 1.54) is 0 Å². The second kappa shape index (κ2) is 4.48. The summed E-state index contributed by atoms with van der Waals surface area (Å²) in [5.74, 6) is -2.75. The normalized spacial score (nSPS) is 35.4. The lowest BCUT2D eigenvalue weighted by molar-refractivity contribution is -0.228. The molecule has 2 fully saturated rings. The van der Waals surface area contributed by atoms with E-state index in [-0.39, 0.29) is 12.3 Å². The van der Waals surface area contributed by atoms with Crippen LogP contribution in [0.3, 0.4) is 0 Å². The summed E-state index contributed by atoms with van der Waals surface area (Å²) in [6.07, 6.45) is -3.57. The summed E-state index contributed by atoms with van der Waals surface area (Å²) >= 11 is 0. The Hall–Kier alpha value is -0.780. The van der Waals surface area contributed by atoms with Gasteiger partial charge in [0.05, 0.1) is 12.0 Å². The minimum Gasteiger partial charge on any atom is -0.481 e. The molecule has 1 aliphatic heterocycles. The van der Waals surface area contributed by atoms with Crippen LogP contribution in [-0.4, -0.2) is 29.5 Å². The number of hydrogen-bond acceptors (Lipinski definition) is 2. The molecule has 0 aromatic heterocycles. The van der Waals surface area contributed by atoms with Gasteiger partial charge in [0.15, 0.2) is 6.10 Å². The standard InChI is InChI=1S/C11H15F3O3/c12-11(13,14)9-7(10(15)16)5-8(17-9)6-3-1-2-4-6/h6-9H,1-5H2,(H,15,16). The zero-order valence-corrected chi connectivity index (χ0v) is 9.24. The van der Waals surface area contributed by atoms with Crippen LogP contribution < -0.4 is 0 Å². The SMILES string of the molecule is O=C(O)C1CC(C2CCCC2)OC1C(F)(F)F. The van der Waals surface area contributed by atoms with Gasteiger partial charge >= 0.3 is 12.1 Å². The highest BCUT2D eigenvalue weighted by Crippen LogP contribution is 2.43. The Bertz CT molecular complexity index is 297. The van der Waals surface area contributed by atoms with Crippen LogP contribution in [0.1, 0.15) is 32.1 Å². The van der Waals surface area contributed by atoms with Crippen molar-refractivity contribution in [3.63, 3.8) is 0 Å². The molecule has 3 nitrogen and oxygen atoms in total. The van der Waals surface area contributed by atoms with Gasteiger partial charge in [-0.25, -0.2) is 0 Å². The highest BCUT2D eigenvalue weighted by molar-refractivity contribution is 5.71. The fourth-order valence-corrected chi connectivity index (χ4v) is 2.88. The van der Waals surface area contributed by atoms with Gasteiger partial charge in [0.25, 0.3) is 0 Å². The molecule has 0 spiro atoms. The number of ether oxygens (including phenoxy) is 1. The number of carboxylic acid groups (broad SMARTS) is 1. The first kappa shape index (κ1) is 12.7. The smallest absolute Gasteiger partial charge is 0.415 e. The average Bonchev–Trinajstić information content (AvgIpc) is 2.85. The molecule has 2 aliphatic rings. The van der Waals surface area contributed by atoms with Crippen LogP contribution in [0, 0.1) is 11.8 Å². The predicted molar refractivity (Wildman–Crippen MR) is 52.4 cm³/mol. The Labute approximate surface area is 96.9 Å². The number of halogens is 3. The average molecular weight is 252 g/mol. The van der Waals surface area contributed by atoms with Crippen LogP contribution in [0.25, 0.3) is 0 Å². The number of hydrogen-bond donors (Lipinski definition) is 1. The zero-order valence-electron chi connectivity index (χ0n) is 9.24. The minimum absolute atomic E-state index is 0.00975. The van der Waals surface area contributed by atoms with Gasteiger partial charge < -0.3 is 9.84 Å². The molecule has 1 saturated heterocycles. The van der Waals surface area contributed by atoms with E-state index in [1.807, 2.05) is 0 Å². The largest absolute Gasteiger partial charge is 0.481 e. The molecule has 17 heavy (non-hydrogen) atoms. The maximum atomic E-state index is 12.6. The molecule has 98 valence electrons. The van der Waals surface area contributed by atoms with Gasteiger partial charge in [-0.05, 0) is 25.2 Å². The van der Waals surface area contributed by atoms with Crippen molar-refractivity contribution in [1.29, 1.82) is 0 Å². The molecule has 0 bridgehead atoms. The summed E-state index contributed by atoms with van der Waals surface area (Å²) in [6.45, 7) is 0. The maximum absolute atomic E-state index is 12.6. The molecular formula is C11H15F3O3. The third-order valence-corrected chi connectivity index (χ3v) is 3.74. The molecule has 1 heterocycles. The number of carboxylic acids is 1. The molecule has 0 radical (unpaired) electrons. The van der Waals surface area contributed by atoms with Gasteiger partial charge in [0, 0.05) is 0 Å². The molecule has 0 aromatic carbocycles. The second-order valence-electron chi connectivity index (χ2n) is 4.86. The van der Waals surface area contributed by atoms with Gasteiger partial charge in [-0.15, -0.1) is 0 Å². The van der Waals surface area contributed by atoms with Crippen molar-refractivity contribution in [3.05, 3.63) is 0 Å². The Morgan fingerprint density at radius 3 is 2.24 bits per heavy atom. The third-order valence-electron chi connectivity index (χ3n) is 3.74. The quantitative estimate of drug-likeness (QED) is 0.821. The lowest BCUT2D eigenvalue weighted by Gasteiger charge is -2.21. The molecule has 0 aromatic rings. The molecular weight excluding hydrogens is 237 g/mol. The van der Waals surface area contributed by atoms with Crippen LogP contribution >= 0.6 is 0 Å². The van der Waals surface area contributed by atoms with Crippen molar-refractivity contribution >= 4 is 5.97 Å². The van der Waals surface area contributed by atoms with E-state index in [1.54, 1.807) is 0 Å². The Balaban J connectivity index is 2.08. The molecule has 3 unspecified atom stereocenters. The summed E-state index contributed by atoms with van der Waals surface area (Å²) in [5, 5.41) is 8.83. The highest BCUT2D eigenvalue weighted by Gasteiger charge is 2.55. The van der Waals surface area contributed by atoms with Crippen LogP contribution in [0.5, 0.6) is 0 Å². The van der Waals surface area contributed by atoms with Crippen LogP contribution in [-0.2, 0) is 9.53 Å². The van der Waals surface area contributed by atoms with Crippen molar-refractivity contribution in [2.45, 2.75) is 50.5 Å². The van der Waals surface area contributed by atoms with Crippen molar-refractivity contribution in [1.82, 2.24) is 0 Å². The summed E-state index contributed by atoms with van der Waals surface area (Å²) in [4.78, 5) is 10.8. The van der Waals surface area contributed by atoms with Crippen molar-refractivity contribution in [2.75, 3.05) is 0 Å². The summed E-state index contributed by atoms with van der Waals surface area (Å²) in [6, 6.07) is 0. The van der Waals surface area contributed by atoms with Gasteiger partial charge in [-0.1, -0.05) is 12.8 Å². The molecule has 3 atom stereocenters. The van der Waals surface area contributed by atoms with E-state index in [0.717, 1.165) is 25.7 Å². The fourth-order valence-electron chi connectivity index (χ4n) is 2.88. The third kappa shape index (κ3) is 2.56. The summed E-state index contributed by atoms with van der Waals surface area (Å²) < 4.78 is 42.9. The first-order valence-corrected chi connectivity index (χ1v) is 5.84. The first-order chi connectivity index (χ1) is 7.89. The monoisotopic (exact) mass is 252 g/mol. The molecule has 1 saturated carbocycles. The van der Waals surface area contributed by atoms with Crippen LogP contribution in [0.15, 0.2) is 0 Å². The number of carbonyl (C=O) groups is 1. The second-order valence-corrected chi connectivity index (χ2v) is 4.86. The lowest BCUT2D eigenvalue weighted by atomic mass is 9.92. The zero-order chi connectivity index (χ0) is 12.6. The first-order valence-electron chi connectivity index (χ1n) is 5.84. The van der Waals surface area contributed by atoms with Gasteiger partial charge in [-0.3, -0.25) is 4.79 Å². The van der Waals surface area contributed by atoms with Crippen molar-refractivity contribution in [2.24, 2.45) is 11.8 Å². The fraction of sp³-hybridized carbons (Fsp3) is 0.909. The summed E-state index contributed by atoms with van der Waals surface area (Å²) in [5.41, 5.74) is 0. The number of rotatable bonds is 2. The van der Waals surface area contributed by atoms with Crippen LogP contribution in [0.2, 0.25) is 0 Å². The van der Waals surface area contributed by atoms with Gasteiger partial charge in [0.1, 0.15) is 0 Å². The number of alkyl halides is 3. The predicted octanol–water partition coefficient (Wildman–Crippen LogP) is 2.60. The maximum Gasteiger partial charge on any atom is 0.415 e. The van der Waals surface area contributed by atoms with Gasteiger partial charge in [-0.2, -0.15) is 13.2 Å².